The maximum atomic E-state index is 13.2. The summed E-state index contributed by atoms with van der Waals surface area (Å²) >= 11 is 5.77. The highest BCUT2D eigenvalue weighted by Gasteiger charge is 2.15. The van der Waals surface area contributed by atoms with E-state index < -0.39 is 5.82 Å². The number of benzene rings is 1. The predicted molar refractivity (Wildman–Crippen MR) is 80.3 cm³/mol. The van der Waals surface area contributed by atoms with Crippen LogP contribution in [0, 0.1) is 17.1 Å². The first-order chi connectivity index (χ1) is 10.2. The molecular formula is C16H13ClFN3. The lowest BCUT2D eigenvalue weighted by atomic mass is 9.95. The predicted octanol–water partition coefficient (Wildman–Crippen LogP) is 4.37. The second-order valence-corrected chi connectivity index (χ2v) is 5.47. The van der Waals surface area contributed by atoms with Crippen LogP contribution in [0.5, 0.6) is 0 Å². The molecule has 0 unspecified atom stereocenters. The third-order valence-electron chi connectivity index (χ3n) is 3.60. The zero-order chi connectivity index (χ0) is 14.8. The van der Waals surface area contributed by atoms with Crippen molar-refractivity contribution in [3.05, 3.63) is 51.9 Å². The van der Waals surface area contributed by atoms with Crippen LogP contribution >= 0.6 is 11.6 Å². The van der Waals surface area contributed by atoms with Crippen LogP contribution in [0.3, 0.4) is 0 Å². The molecule has 1 aromatic heterocycles. The van der Waals surface area contributed by atoms with Gasteiger partial charge in [-0.25, -0.2) is 9.37 Å². The molecule has 106 valence electrons. The first-order valence-electron chi connectivity index (χ1n) is 6.82. The third-order valence-corrected chi connectivity index (χ3v) is 3.89. The van der Waals surface area contributed by atoms with Crippen molar-refractivity contribution in [2.45, 2.75) is 25.7 Å². The number of nitrogens with zero attached hydrogens (tertiary/aromatic N) is 2. The molecule has 1 aliphatic carbocycles. The molecule has 0 aliphatic heterocycles. The Kier molecular flexibility index (Phi) is 3.76. The molecule has 0 atom stereocenters. The zero-order valence-corrected chi connectivity index (χ0v) is 12.0. The minimum absolute atomic E-state index is 0.0384. The molecule has 5 heteroatoms. The summed E-state index contributed by atoms with van der Waals surface area (Å²) in [4.78, 5) is 4.56. The second kappa shape index (κ2) is 5.71. The van der Waals surface area contributed by atoms with E-state index in [1.165, 1.54) is 12.1 Å². The van der Waals surface area contributed by atoms with Crippen LogP contribution in [0.15, 0.2) is 24.3 Å². The largest absolute Gasteiger partial charge is 0.339 e. The number of halogens is 2. The van der Waals surface area contributed by atoms with Crippen LogP contribution in [0.2, 0.25) is 5.02 Å². The molecule has 0 saturated carbocycles. The Labute approximate surface area is 127 Å². The number of hydrogen-bond acceptors (Lipinski definition) is 3. The molecule has 21 heavy (non-hydrogen) atoms. The molecule has 2 aromatic rings. The van der Waals surface area contributed by atoms with E-state index in [0.717, 1.165) is 36.9 Å². The van der Waals surface area contributed by atoms with Gasteiger partial charge in [0.1, 0.15) is 17.7 Å². The van der Waals surface area contributed by atoms with E-state index in [0.29, 0.717) is 17.1 Å². The summed E-state index contributed by atoms with van der Waals surface area (Å²) in [5, 5.41) is 12.4. The molecule has 3 rings (SSSR count). The minimum Gasteiger partial charge on any atom is -0.339 e. The number of hydrogen-bond donors (Lipinski definition) is 1. The van der Waals surface area contributed by atoms with Crippen molar-refractivity contribution in [3.8, 4) is 6.07 Å². The molecule has 0 fully saturated rings. The van der Waals surface area contributed by atoms with E-state index in [1.54, 1.807) is 6.07 Å². The molecule has 0 bridgehead atoms. The Balaban J connectivity index is 1.97. The van der Waals surface area contributed by atoms with E-state index in [9.17, 15) is 9.65 Å². The number of nitrogens with one attached hydrogen (secondary N) is 1. The van der Waals surface area contributed by atoms with Gasteiger partial charge in [-0.1, -0.05) is 11.6 Å². The van der Waals surface area contributed by atoms with Gasteiger partial charge in [-0.15, -0.1) is 0 Å². The van der Waals surface area contributed by atoms with Crippen molar-refractivity contribution < 1.29 is 4.39 Å². The lowest BCUT2D eigenvalue weighted by Crippen LogP contribution is -2.09. The van der Waals surface area contributed by atoms with Gasteiger partial charge >= 0.3 is 0 Å². The van der Waals surface area contributed by atoms with Crippen LogP contribution in [0.1, 0.15) is 29.7 Å². The molecule has 0 saturated heterocycles. The number of aryl methyl sites for hydroxylation is 2. The van der Waals surface area contributed by atoms with Gasteiger partial charge in [0.05, 0.1) is 10.6 Å². The maximum Gasteiger partial charge on any atom is 0.148 e. The summed E-state index contributed by atoms with van der Waals surface area (Å²) in [7, 11) is 0. The average Bonchev–Trinajstić information content (AvgIpc) is 2.50. The third kappa shape index (κ3) is 2.84. The Bertz CT molecular complexity index is 737. The van der Waals surface area contributed by atoms with Gasteiger partial charge in [0.2, 0.25) is 0 Å². The second-order valence-electron chi connectivity index (χ2n) is 5.06. The van der Waals surface area contributed by atoms with Crippen LogP contribution in [-0.4, -0.2) is 4.98 Å². The molecule has 1 heterocycles. The fourth-order valence-electron chi connectivity index (χ4n) is 2.52. The molecule has 0 spiro atoms. The molecule has 1 aliphatic rings. The minimum atomic E-state index is -0.471. The van der Waals surface area contributed by atoms with E-state index in [4.69, 9.17) is 11.6 Å². The van der Waals surface area contributed by atoms with Crippen LogP contribution in [0.25, 0.3) is 0 Å². The summed E-state index contributed by atoms with van der Waals surface area (Å²) in [6.07, 6.45) is 4.16. The molecular weight excluding hydrogens is 289 g/mol. The zero-order valence-electron chi connectivity index (χ0n) is 11.3. The van der Waals surface area contributed by atoms with E-state index in [-0.39, 0.29) is 5.02 Å². The van der Waals surface area contributed by atoms with Crippen molar-refractivity contribution in [1.29, 1.82) is 5.26 Å². The SMILES string of the molecule is N#Cc1cc2c(nc1Nc1ccc(F)c(Cl)c1)CCCC2. The number of rotatable bonds is 2. The smallest absolute Gasteiger partial charge is 0.148 e. The van der Waals surface area contributed by atoms with Gasteiger partial charge in [0, 0.05) is 11.4 Å². The van der Waals surface area contributed by atoms with Gasteiger partial charge in [0.15, 0.2) is 0 Å². The van der Waals surface area contributed by atoms with E-state index in [2.05, 4.69) is 16.4 Å². The normalized spacial score (nSPS) is 13.4. The van der Waals surface area contributed by atoms with Crippen molar-refractivity contribution in [2.24, 2.45) is 0 Å². The van der Waals surface area contributed by atoms with Crippen LogP contribution in [0.4, 0.5) is 15.9 Å². The highest BCUT2D eigenvalue weighted by Crippen LogP contribution is 2.27. The van der Waals surface area contributed by atoms with E-state index >= 15 is 0 Å². The van der Waals surface area contributed by atoms with Gasteiger partial charge < -0.3 is 5.32 Å². The fraction of sp³-hybridized carbons (Fsp3) is 0.250. The van der Waals surface area contributed by atoms with Gasteiger partial charge in [-0.2, -0.15) is 5.26 Å². The topological polar surface area (TPSA) is 48.7 Å². The van der Waals surface area contributed by atoms with Crippen molar-refractivity contribution in [1.82, 2.24) is 4.98 Å². The summed E-state index contributed by atoms with van der Waals surface area (Å²) in [6.45, 7) is 0. The average molecular weight is 302 g/mol. The Morgan fingerprint density at radius 2 is 2.05 bits per heavy atom. The molecule has 3 nitrogen and oxygen atoms in total. The summed E-state index contributed by atoms with van der Waals surface area (Å²) in [6, 6.07) is 8.40. The maximum absolute atomic E-state index is 13.2. The molecule has 1 N–H and O–H groups in total. The summed E-state index contributed by atoms with van der Waals surface area (Å²) in [5.41, 5.74) is 3.30. The van der Waals surface area contributed by atoms with E-state index in [1.807, 2.05) is 6.07 Å². The van der Waals surface area contributed by atoms with Crippen molar-refractivity contribution >= 4 is 23.1 Å². The molecule has 1 aromatic carbocycles. The fourth-order valence-corrected chi connectivity index (χ4v) is 2.71. The van der Waals surface area contributed by atoms with Crippen molar-refractivity contribution in [3.63, 3.8) is 0 Å². The van der Waals surface area contributed by atoms with Gasteiger partial charge in [-0.3, -0.25) is 0 Å². The number of anilines is 2. The standard InChI is InChI=1S/C16H13ClFN3/c17-13-8-12(5-6-14(13)18)20-16-11(9-19)7-10-3-1-2-4-15(10)21-16/h5-8H,1-4H2,(H,20,21). The Morgan fingerprint density at radius 3 is 2.81 bits per heavy atom. The molecule has 0 radical (unpaired) electrons. The first kappa shape index (κ1) is 13.8. The highest BCUT2D eigenvalue weighted by atomic mass is 35.5. The summed E-state index contributed by atoms with van der Waals surface area (Å²) in [5.74, 6) is 0.0296. The van der Waals surface area contributed by atoms with Gasteiger partial charge in [0.25, 0.3) is 0 Å². The summed E-state index contributed by atoms with van der Waals surface area (Å²) < 4.78 is 13.2. The number of aromatic nitrogens is 1. The number of nitriles is 1. The van der Waals surface area contributed by atoms with Crippen molar-refractivity contribution in [2.75, 3.05) is 5.32 Å². The highest BCUT2D eigenvalue weighted by molar-refractivity contribution is 6.31. The first-order valence-corrected chi connectivity index (χ1v) is 7.20. The van der Waals surface area contributed by atoms with Crippen LogP contribution in [-0.2, 0) is 12.8 Å². The Hall–Kier alpha value is -2.12. The van der Waals surface area contributed by atoms with Gasteiger partial charge in [-0.05, 0) is 55.5 Å². The Morgan fingerprint density at radius 1 is 1.24 bits per heavy atom. The quantitative estimate of drug-likeness (QED) is 0.896. The molecule has 0 amide bonds. The lowest BCUT2D eigenvalue weighted by Gasteiger charge is -2.17. The number of fused-ring (bicyclic) bond motifs is 1. The number of pyridine rings is 1. The van der Waals surface area contributed by atoms with Crippen LogP contribution < -0.4 is 5.32 Å². The lowest BCUT2D eigenvalue weighted by molar-refractivity contribution is 0.628. The monoisotopic (exact) mass is 301 g/mol.